The molecule has 2 atom stereocenters. The molecule has 0 saturated carbocycles. The molecule has 2 aromatic rings. The molecule has 3 heterocycles. The van der Waals surface area contributed by atoms with Gasteiger partial charge in [0.05, 0.1) is 22.8 Å². The highest BCUT2D eigenvalue weighted by Crippen LogP contribution is 2.35. The van der Waals surface area contributed by atoms with E-state index in [1.54, 1.807) is 23.7 Å². The van der Waals surface area contributed by atoms with Crippen LogP contribution in [0, 0.1) is 0 Å². The third-order valence-corrected chi connectivity index (χ3v) is 4.72. The van der Waals surface area contributed by atoms with Crippen LogP contribution in [-0.4, -0.2) is 35.3 Å². The molecule has 1 saturated heterocycles. The number of anilines is 1. The molecule has 0 amide bonds. The monoisotopic (exact) mass is 304 g/mol. The molecular formula is C15H20N4OS. The standard InChI is InChI=1S/C15H20N4OS/c1-10-8-19(9-11(2)20-10)15-18-13(7-16)14(21-15)12-3-5-17-6-4-12/h3-6,10-11H,7-9,16H2,1-2H3/t10-,11+. The molecule has 3 rings (SSSR count). The fraction of sp³-hybridized carbons (Fsp3) is 0.467. The highest BCUT2D eigenvalue weighted by molar-refractivity contribution is 7.19. The number of morpholine rings is 1. The second kappa shape index (κ2) is 6.09. The molecule has 1 aliphatic rings. The first-order valence-electron chi connectivity index (χ1n) is 7.18. The minimum Gasteiger partial charge on any atom is -0.372 e. The first-order chi connectivity index (χ1) is 10.2. The molecule has 0 radical (unpaired) electrons. The van der Waals surface area contributed by atoms with Gasteiger partial charge in [-0.25, -0.2) is 4.98 Å². The van der Waals surface area contributed by atoms with E-state index in [1.807, 2.05) is 12.1 Å². The van der Waals surface area contributed by atoms with Crippen molar-refractivity contribution in [1.29, 1.82) is 0 Å². The molecular weight excluding hydrogens is 284 g/mol. The predicted octanol–water partition coefficient (Wildman–Crippen LogP) is 2.28. The van der Waals surface area contributed by atoms with Gasteiger partial charge in [-0.3, -0.25) is 4.98 Å². The van der Waals surface area contributed by atoms with Crippen LogP contribution in [0.5, 0.6) is 0 Å². The van der Waals surface area contributed by atoms with Crippen molar-refractivity contribution in [2.45, 2.75) is 32.6 Å². The summed E-state index contributed by atoms with van der Waals surface area (Å²) in [5, 5.41) is 1.03. The van der Waals surface area contributed by atoms with Gasteiger partial charge in [-0.2, -0.15) is 0 Å². The van der Waals surface area contributed by atoms with Crippen molar-refractivity contribution in [1.82, 2.24) is 9.97 Å². The van der Waals surface area contributed by atoms with Crippen molar-refractivity contribution in [3.63, 3.8) is 0 Å². The zero-order chi connectivity index (χ0) is 14.8. The Morgan fingerprint density at radius 2 is 1.95 bits per heavy atom. The van der Waals surface area contributed by atoms with E-state index in [9.17, 15) is 0 Å². The van der Waals surface area contributed by atoms with Gasteiger partial charge < -0.3 is 15.4 Å². The summed E-state index contributed by atoms with van der Waals surface area (Å²) in [6, 6.07) is 4.00. The largest absolute Gasteiger partial charge is 0.372 e. The molecule has 0 aromatic carbocycles. The van der Waals surface area contributed by atoms with E-state index >= 15 is 0 Å². The quantitative estimate of drug-likeness (QED) is 0.942. The van der Waals surface area contributed by atoms with E-state index in [1.165, 1.54) is 0 Å². The maximum Gasteiger partial charge on any atom is 0.186 e. The maximum atomic E-state index is 5.87. The number of nitrogens with zero attached hydrogens (tertiary/aromatic N) is 3. The van der Waals surface area contributed by atoms with E-state index in [-0.39, 0.29) is 12.2 Å². The fourth-order valence-electron chi connectivity index (χ4n) is 2.68. The van der Waals surface area contributed by atoms with E-state index in [0.29, 0.717) is 6.54 Å². The lowest BCUT2D eigenvalue weighted by Crippen LogP contribution is -2.45. The Labute approximate surface area is 128 Å². The molecule has 0 bridgehead atoms. The van der Waals surface area contributed by atoms with Gasteiger partial charge in [0.25, 0.3) is 0 Å². The normalized spacial score (nSPS) is 22.5. The SMILES string of the molecule is C[C@@H]1CN(c2nc(CN)c(-c3ccncc3)s2)C[C@H](C)O1. The van der Waals surface area contributed by atoms with Crippen LogP contribution in [-0.2, 0) is 11.3 Å². The second-order valence-electron chi connectivity index (χ2n) is 5.37. The minimum atomic E-state index is 0.225. The van der Waals surface area contributed by atoms with Gasteiger partial charge >= 0.3 is 0 Å². The summed E-state index contributed by atoms with van der Waals surface area (Å²) >= 11 is 1.70. The van der Waals surface area contributed by atoms with Gasteiger partial charge in [-0.1, -0.05) is 11.3 Å². The summed E-state index contributed by atoms with van der Waals surface area (Å²) in [6.07, 6.45) is 4.05. The second-order valence-corrected chi connectivity index (χ2v) is 6.35. The zero-order valence-electron chi connectivity index (χ0n) is 12.3. The van der Waals surface area contributed by atoms with Gasteiger partial charge in [0.2, 0.25) is 0 Å². The summed E-state index contributed by atoms with van der Waals surface area (Å²) in [5.41, 5.74) is 7.95. The molecule has 5 nitrogen and oxygen atoms in total. The molecule has 2 N–H and O–H groups in total. The average Bonchev–Trinajstić information content (AvgIpc) is 2.91. The number of aromatic nitrogens is 2. The van der Waals surface area contributed by atoms with E-state index in [2.05, 4.69) is 23.7 Å². The molecule has 1 fully saturated rings. The van der Waals surface area contributed by atoms with Crippen LogP contribution >= 0.6 is 11.3 Å². The van der Waals surface area contributed by atoms with Crippen molar-refractivity contribution >= 4 is 16.5 Å². The zero-order valence-corrected chi connectivity index (χ0v) is 13.1. The Balaban J connectivity index is 1.92. The number of nitrogens with two attached hydrogens (primary N) is 1. The lowest BCUT2D eigenvalue weighted by Gasteiger charge is -2.35. The van der Waals surface area contributed by atoms with Gasteiger partial charge in [-0.15, -0.1) is 0 Å². The van der Waals surface area contributed by atoms with Crippen LogP contribution in [0.3, 0.4) is 0 Å². The molecule has 6 heteroatoms. The minimum absolute atomic E-state index is 0.225. The van der Waals surface area contributed by atoms with Crippen LogP contribution in [0.15, 0.2) is 24.5 Å². The van der Waals surface area contributed by atoms with Crippen molar-refractivity contribution in [2.24, 2.45) is 5.73 Å². The Morgan fingerprint density at radius 3 is 2.57 bits per heavy atom. The maximum absolute atomic E-state index is 5.87. The Morgan fingerprint density at radius 1 is 1.29 bits per heavy atom. The first-order valence-corrected chi connectivity index (χ1v) is 7.99. The molecule has 112 valence electrons. The summed E-state index contributed by atoms with van der Waals surface area (Å²) in [7, 11) is 0. The highest BCUT2D eigenvalue weighted by Gasteiger charge is 2.25. The molecule has 21 heavy (non-hydrogen) atoms. The number of ether oxygens (including phenoxy) is 1. The smallest absolute Gasteiger partial charge is 0.186 e. The summed E-state index contributed by atoms with van der Waals surface area (Å²) < 4.78 is 5.79. The van der Waals surface area contributed by atoms with E-state index < -0.39 is 0 Å². The third kappa shape index (κ3) is 3.07. The van der Waals surface area contributed by atoms with Crippen LogP contribution in [0.4, 0.5) is 5.13 Å². The molecule has 0 unspecified atom stereocenters. The van der Waals surface area contributed by atoms with Crippen molar-refractivity contribution in [3.8, 4) is 10.4 Å². The number of hydrogen-bond acceptors (Lipinski definition) is 6. The van der Waals surface area contributed by atoms with Gasteiger partial charge in [0.1, 0.15) is 0 Å². The third-order valence-electron chi connectivity index (χ3n) is 3.51. The highest BCUT2D eigenvalue weighted by atomic mass is 32.1. The summed E-state index contributed by atoms with van der Waals surface area (Å²) in [5.74, 6) is 0. The Bertz CT molecular complexity index is 591. The van der Waals surface area contributed by atoms with Crippen LogP contribution in [0.1, 0.15) is 19.5 Å². The Kier molecular flexibility index (Phi) is 4.19. The average molecular weight is 304 g/mol. The lowest BCUT2D eigenvalue weighted by atomic mass is 10.2. The van der Waals surface area contributed by atoms with Crippen LogP contribution in [0.2, 0.25) is 0 Å². The molecule has 0 spiro atoms. The number of hydrogen-bond donors (Lipinski definition) is 1. The number of thiazole rings is 1. The van der Waals surface area contributed by atoms with Crippen LogP contribution in [0.25, 0.3) is 10.4 Å². The van der Waals surface area contributed by atoms with Crippen molar-refractivity contribution in [3.05, 3.63) is 30.2 Å². The predicted molar refractivity (Wildman–Crippen MR) is 85.5 cm³/mol. The van der Waals surface area contributed by atoms with Gasteiger partial charge in [0.15, 0.2) is 5.13 Å². The lowest BCUT2D eigenvalue weighted by molar-refractivity contribution is -0.00523. The molecule has 1 aliphatic heterocycles. The fourth-order valence-corrected chi connectivity index (χ4v) is 3.79. The topological polar surface area (TPSA) is 64.3 Å². The van der Waals surface area contributed by atoms with Gasteiger partial charge in [-0.05, 0) is 31.5 Å². The van der Waals surface area contributed by atoms with Crippen molar-refractivity contribution < 1.29 is 4.74 Å². The molecule has 0 aliphatic carbocycles. The summed E-state index contributed by atoms with van der Waals surface area (Å²) in [6.45, 7) is 6.40. The summed E-state index contributed by atoms with van der Waals surface area (Å²) in [4.78, 5) is 12.2. The van der Waals surface area contributed by atoms with Crippen LogP contribution < -0.4 is 10.6 Å². The Hall–Kier alpha value is -1.50. The van der Waals surface area contributed by atoms with Gasteiger partial charge in [0, 0.05) is 32.0 Å². The van der Waals surface area contributed by atoms with Crippen molar-refractivity contribution in [2.75, 3.05) is 18.0 Å². The molecule has 2 aromatic heterocycles. The number of rotatable bonds is 3. The van der Waals surface area contributed by atoms with E-state index in [0.717, 1.165) is 34.4 Å². The number of pyridine rings is 1. The van der Waals surface area contributed by atoms with E-state index in [4.69, 9.17) is 15.5 Å². The first kappa shape index (κ1) is 14.4.